The van der Waals surface area contributed by atoms with Crippen LogP contribution in [0.15, 0.2) is 54.9 Å². The quantitative estimate of drug-likeness (QED) is 0.465. The van der Waals surface area contributed by atoms with E-state index < -0.39 is 48.5 Å². The van der Waals surface area contributed by atoms with Gasteiger partial charge in [-0.25, -0.2) is 13.8 Å². The van der Waals surface area contributed by atoms with Crippen LogP contribution in [0.2, 0.25) is 0 Å². The molecule has 2 aromatic heterocycles. The number of alkyl halides is 5. The second kappa shape index (κ2) is 9.27. The molecule has 3 heterocycles. The molecule has 0 saturated carbocycles. The van der Waals surface area contributed by atoms with E-state index in [9.17, 15) is 26.7 Å². The Hall–Kier alpha value is -3.50. The predicted octanol–water partition coefficient (Wildman–Crippen LogP) is 5.07. The van der Waals surface area contributed by atoms with Gasteiger partial charge in [-0.3, -0.25) is 9.48 Å². The van der Waals surface area contributed by atoms with Crippen LogP contribution in [0.4, 0.5) is 22.0 Å². The van der Waals surface area contributed by atoms with Crippen LogP contribution in [0.5, 0.6) is 5.88 Å². The molecule has 0 spiro atoms. The molecule has 4 rings (SSSR count). The zero-order valence-electron chi connectivity index (χ0n) is 19.0. The van der Waals surface area contributed by atoms with E-state index in [4.69, 9.17) is 4.74 Å². The van der Waals surface area contributed by atoms with Gasteiger partial charge in [0, 0.05) is 37.5 Å². The van der Waals surface area contributed by atoms with Gasteiger partial charge in [-0.05, 0) is 17.5 Å². The van der Waals surface area contributed by atoms with Crippen molar-refractivity contribution in [2.24, 2.45) is 13.0 Å². The van der Waals surface area contributed by atoms with Crippen LogP contribution in [0.3, 0.4) is 0 Å². The fraction of sp³-hybridized carbons (Fsp3) is 0.375. The average Bonchev–Trinajstić information content (AvgIpc) is 3.19. The summed E-state index contributed by atoms with van der Waals surface area (Å²) in [6.45, 7) is 0.544. The number of benzene rings is 1. The number of halogens is 5. The molecule has 3 aromatic rings. The molecule has 1 saturated heterocycles. The Morgan fingerprint density at radius 3 is 2.51 bits per heavy atom. The summed E-state index contributed by atoms with van der Waals surface area (Å²) in [7, 11) is 1.63. The first-order valence-corrected chi connectivity index (χ1v) is 10.9. The second-order valence-corrected chi connectivity index (χ2v) is 8.66. The van der Waals surface area contributed by atoms with E-state index in [1.165, 1.54) is 4.68 Å². The Kier molecular flexibility index (Phi) is 6.52. The highest BCUT2D eigenvalue weighted by Gasteiger charge is 2.47. The monoisotopic (exact) mass is 494 g/mol. The van der Waals surface area contributed by atoms with Crippen molar-refractivity contribution in [2.45, 2.75) is 31.5 Å². The number of ether oxygens (including phenoxy) is 1. The van der Waals surface area contributed by atoms with Crippen LogP contribution >= 0.6 is 0 Å². The van der Waals surface area contributed by atoms with E-state index >= 15 is 0 Å². The van der Waals surface area contributed by atoms with Crippen molar-refractivity contribution in [2.75, 3.05) is 13.2 Å². The fourth-order valence-corrected chi connectivity index (χ4v) is 4.24. The maximum Gasteiger partial charge on any atom is 0.417 e. The molecule has 1 amide bonds. The van der Waals surface area contributed by atoms with Crippen molar-refractivity contribution in [1.29, 1.82) is 0 Å². The minimum Gasteiger partial charge on any atom is -0.475 e. The van der Waals surface area contributed by atoms with E-state index in [2.05, 4.69) is 10.1 Å². The summed E-state index contributed by atoms with van der Waals surface area (Å²) in [5, 5.41) is 4.24. The lowest BCUT2D eigenvalue weighted by molar-refractivity contribution is -0.137. The van der Waals surface area contributed by atoms with Gasteiger partial charge in [-0.2, -0.15) is 18.3 Å². The van der Waals surface area contributed by atoms with Crippen molar-refractivity contribution in [3.63, 3.8) is 0 Å². The third-order valence-corrected chi connectivity index (χ3v) is 5.92. The van der Waals surface area contributed by atoms with Gasteiger partial charge in [0.1, 0.15) is 6.61 Å². The summed E-state index contributed by atoms with van der Waals surface area (Å²) in [4.78, 5) is 18.2. The molecular weight excluding hydrogens is 471 g/mol. The first-order chi connectivity index (χ1) is 16.4. The third kappa shape index (κ3) is 5.44. The molecule has 0 aliphatic carbocycles. The molecule has 0 bridgehead atoms. The van der Waals surface area contributed by atoms with Gasteiger partial charge in [0.15, 0.2) is 5.69 Å². The molecule has 1 fully saturated rings. The summed E-state index contributed by atoms with van der Waals surface area (Å²) in [5.41, 5.74) is 0.309. The Morgan fingerprint density at radius 1 is 1.17 bits per heavy atom. The smallest absolute Gasteiger partial charge is 0.417 e. The number of aryl methyl sites for hydroxylation is 1. The Balaban J connectivity index is 1.60. The molecule has 1 aromatic carbocycles. The van der Waals surface area contributed by atoms with Gasteiger partial charge in [-0.1, -0.05) is 37.3 Å². The van der Waals surface area contributed by atoms with Crippen molar-refractivity contribution >= 4 is 5.91 Å². The summed E-state index contributed by atoms with van der Waals surface area (Å²) in [6, 6.07) is 10.1. The minimum atomic E-state index is -4.54. The number of amides is 1. The first kappa shape index (κ1) is 24.6. The molecule has 0 radical (unpaired) electrons. The summed E-state index contributed by atoms with van der Waals surface area (Å²) in [6.07, 6.45) is -2.72. The van der Waals surface area contributed by atoms with Crippen LogP contribution in [-0.4, -0.2) is 50.7 Å². The van der Waals surface area contributed by atoms with Gasteiger partial charge in [-0.15, -0.1) is 0 Å². The number of aromatic nitrogens is 3. The van der Waals surface area contributed by atoms with Crippen molar-refractivity contribution in [3.05, 3.63) is 66.1 Å². The summed E-state index contributed by atoms with van der Waals surface area (Å²) < 4.78 is 74.4. The largest absolute Gasteiger partial charge is 0.475 e. The molecule has 11 heteroatoms. The van der Waals surface area contributed by atoms with Crippen molar-refractivity contribution < 1.29 is 31.5 Å². The van der Waals surface area contributed by atoms with Gasteiger partial charge in [0.2, 0.25) is 5.88 Å². The maximum atomic E-state index is 14.5. The van der Waals surface area contributed by atoms with Crippen molar-refractivity contribution in [3.8, 4) is 17.0 Å². The second-order valence-electron chi connectivity index (χ2n) is 8.66. The summed E-state index contributed by atoms with van der Waals surface area (Å²) >= 11 is 0. The average molecular weight is 494 g/mol. The van der Waals surface area contributed by atoms with Gasteiger partial charge < -0.3 is 9.64 Å². The number of likely N-dealkylation sites (tertiary alicyclic amines) is 1. The van der Waals surface area contributed by atoms with Gasteiger partial charge >= 0.3 is 6.18 Å². The SMILES string of the molecule is C[C@@H]1CC(F)(F)CN(C(=O)c2nn(C)cc2-c2ccccc2)[C@@H]1COc1ccc(C(F)(F)F)cn1. The highest BCUT2D eigenvalue weighted by Crippen LogP contribution is 2.36. The molecule has 0 N–H and O–H groups in total. The van der Waals surface area contributed by atoms with E-state index in [1.54, 1.807) is 44.4 Å². The van der Waals surface area contributed by atoms with Crippen LogP contribution < -0.4 is 4.74 Å². The van der Waals surface area contributed by atoms with E-state index in [1.807, 2.05) is 6.07 Å². The lowest BCUT2D eigenvalue weighted by Gasteiger charge is -2.42. The van der Waals surface area contributed by atoms with E-state index in [-0.39, 0.29) is 18.2 Å². The van der Waals surface area contributed by atoms with Crippen molar-refractivity contribution in [1.82, 2.24) is 19.7 Å². The topological polar surface area (TPSA) is 60.2 Å². The Labute approximate surface area is 198 Å². The number of rotatable bonds is 5. The Morgan fingerprint density at radius 2 is 1.89 bits per heavy atom. The highest BCUT2D eigenvalue weighted by atomic mass is 19.4. The minimum absolute atomic E-state index is 0.0289. The zero-order chi connectivity index (χ0) is 25.4. The lowest BCUT2D eigenvalue weighted by atomic mass is 9.88. The number of carbonyl (C=O) groups excluding carboxylic acids is 1. The van der Waals surface area contributed by atoms with Gasteiger partial charge in [0.25, 0.3) is 11.8 Å². The van der Waals surface area contributed by atoms with Crippen LogP contribution in [0.25, 0.3) is 11.1 Å². The normalized spacial score (nSPS) is 20.0. The number of pyridine rings is 1. The molecule has 6 nitrogen and oxygen atoms in total. The van der Waals surface area contributed by atoms with Crippen LogP contribution in [0, 0.1) is 5.92 Å². The summed E-state index contributed by atoms with van der Waals surface area (Å²) in [5.74, 6) is -4.54. The molecular formula is C24H23F5N4O2. The molecule has 0 unspecified atom stereocenters. The predicted molar refractivity (Wildman–Crippen MR) is 117 cm³/mol. The molecule has 1 aliphatic rings. The number of piperidine rings is 1. The number of hydrogen-bond donors (Lipinski definition) is 0. The van der Waals surface area contributed by atoms with Gasteiger partial charge in [0.05, 0.1) is 18.2 Å². The molecule has 1 aliphatic heterocycles. The zero-order valence-corrected chi connectivity index (χ0v) is 19.0. The van der Waals surface area contributed by atoms with Crippen LogP contribution in [0.1, 0.15) is 29.4 Å². The van der Waals surface area contributed by atoms with Crippen LogP contribution in [-0.2, 0) is 13.2 Å². The van der Waals surface area contributed by atoms with E-state index in [0.29, 0.717) is 17.3 Å². The van der Waals surface area contributed by atoms with E-state index in [0.717, 1.165) is 17.0 Å². The molecule has 35 heavy (non-hydrogen) atoms. The lowest BCUT2D eigenvalue weighted by Crippen LogP contribution is -2.57. The number of hydrogen-bond acceptors (Lipinski definition) is 4. The molecule has 186 valence electrons. The Bertz CT molecular complexity index is 1180. The molecule has 2 atom stereocenters. The number of carbonyl (C=O) groups is 1. The fourth-order valence-electron chi connectivity index (χ4n) is 4.24. The number of nitrogens with zero attached hydrogens (tertiary/aromatic N) is 4. The highest BCUT2D eigenvalue weighted by molar-refractivity contribution is 5.99. The maximum absolute atomic E-state index is 14.5. The first-order valence-electron chi connectivity index (χ1n) is 10.9. The standard InChI is InChI=1S/C24H23F5N4O2/c1-15-10-23(25,26)14-33(19(15)13-35-20-9-8-17(11-30-20)24(27,28)29)22(34)21-18(12-32(2)31-21)16-6-4-3-5-7-16/h3-9,11-12,15,19H,10,13-14H2,1-2H3/t15-,19-/m1/s1. The third-order valence-electron chi connectivity index (χ3n) is 5.92.